The third-order valence-electron chi connectivity index (χ3n) is 18.5. The highest BCUT2D eigenvalue weighted by molar-refractivity contribution is 7.34. The van der Waals surface area contributed by atoms with Gasteiger partial charge in [0.05, 0.1) is 28.6 Å². The Morgan fingerprint density at radius 3 is 1.60 bits per heavy atom. The second-order valence-electron chi connectivity index (χ2n) is 26.1. The Morgan fingerprint density at radius 2 is 0.978 bits per heavy atom. The number of anilines is 9. The lowest BCUT2D eigenvalue weighted by molar-refractivity contribution is 0.590. The molecule has 0 N–H and O–H groups in total. The van der Waals surface area contributed by atoms with Crippen LogP contribution in [0.25, 0.3) is 41.4 Å². The quantitative estimate of drug-likeness (QED) is 0.0998. The zero-order valence-electron chi connectivity index (χ0n) is 56.5. The van der Waals surface area contributed by atoms with Gasteiger partial charge in [-0.05, 0) is 168 Å². The van der Waals surface area contributed by atoms with E-state index in [-0.39, 0.29) is 28.5 Å². The van der Waals surface area contributed by atoms with Crippen LogP contribution in [0, 0.1) is 17.5 Å². The summed E-state index contributed by atoms with van der Waals surface area (Å²) in [6, 6.07) is 77.1. The van der Waals surface area contributed by atoms with Crippen LogP contribution in [0.3, 0.4) is 0 Å². The summed E-state index contributed by atoms with van der Waals surface area (Å²) in [5.74, 6) is -1.45. The van der Waals surface area contributed by atoms with Crippen LogP contribution in [0.1, 0.15) is 59.5 Å². The van der Waals surface area contributed by atoms with Crippen molar-refractivity contribution in [1.29, 1.82) is 0 Å². The van der Waals surface area contributed by atoms with Crippen molar-refractivity contribution in [2.24, 2.45) is 0 Å². The van der Waals surface area contributed by atoms with E-state index in [4.69, 9.17) is 4.11 Å². The molecule has 0 saturated heterocycles. The Bertz CT molecular complexity index is 5410. The number of halogens is 3. The largest absolute Gasteiger partial charge is 0.310 e. The van der Waals surface area contributed by atoms with Crippen LogP contribution in [0.4, 0.5) is 64.4 Å². The zero-order valence-corrected chi connectivity index (χ0v) is 54.1. The number of fused-ring (bicyclic) bond motifs is 9. The van der Waals surface area contributed by atoms with Gasteiger partial charge < -0.3 is 14.7 Å². The molecule has 2 aliphatic rings. The molecular weight excluding hydrogens is 1190 g/mol. The number of rotatable bonds is 10. The lowest BCUT2D eigenvalue weighted by Gasteiger charge is -2.45. The van der Waals surface area contributed by atoms with Crippen LogP contribution in [-0.2, 0) is 10.8 Å². The standard InChI is InChI=1S/C82H63BF3N3S2Si/c1-81(2,3)53-36-40-58(41-37-53)87(70-32-13-10-28-65(70)52-20-8-7-9-21-52)60-44-45-69-72(49-60)89(71-33-19-31-67-66-29-11-14-34-75(66)90-79(67)71)74-51-64(92(61-25-16-22-55(84)46-61,62-26-17-23-56(85)47-62)63-27-18-24-57(86)48-63)50-73-77(74)83(69)80-78(68-30-12-15-35-76(68)91-80)88(73)59-42-38-54(39-43-59)82(4,5)6/h7-51H,1-6H3/i7D,8D,9D,20D,21D. The first-order chi connectivity index (χ1) is 46.7. The molecule has 446 valence electrons. The summed E-state index contributed by atoms with van der Waals surface area (Å²) in [4.78, 5) is 6.92. The highest BCUT2D eigenvalue weighted by Crippen LogP contribution is 2.52. The Morgan fingerprint density at radius 1 is 0.446 bits per heavy atom. The fourth-order valence-corrected chi connectivity index (χ4v) is 21.6. The summed E-state index contributed by atoms with van der Waals surface area (Å²) in [5, 5.41) is 5.74. The average Bonchev–Trinajstić information content (AvgIpc) is 1.67. The second kappa shape index (κ2) is 22.0. The van der Waals surface area contributed by atoms with Crippen LogP contribution in [0.5, 0.6) is 0 Å². The maximum Gasteiger partial charge on any atom is 0.264 e. The van der Waals surface area contributed by atoms with Gasteiger partial charge in [-0.3, -0.25) is 0 Å². The van der Waals surface area contributed by atoms with Crippen LogP contribution in [-0.4, -0.2) is 14.8 Å². The minimum absolute atomic E-state index is 0.0718. The molecule has 12 aromatic carbocycles. The molecule has 0 atom stereocenters. The van der Waals surface area contributed by atoms with Gasteiger partial charge in [0.25, 0.3) is 6.71 Å². The summed E-state index contributed by atoms with van der Waals surface area (Å²) in [6.07, 6.45) is 0. The van der Waals surface area contributed by atoms with Crippen LogP contribution in [0.15, 0.2) is 273 Å². The normalized spacial score (nSPS) is 13.8. The molecule has 0 amide bonds. The van der Waals surface area contributed by atoms with Crippen molar-refractivity contribution < 1.29 is 20.0 Å². The average molecular weight is 1260 g/mol. The van der Waals surface area contributed by atoms with Gasteiger partial charge >= 0.3 is 0 Å². The number of benzene rings is 12. The number of thiophene rings is 2. The molecule has 0 bridgehead atoms. The highest BCUT2D eigenvalue weighted by Gasteiger charge is 2.50. The van der Waals surface area contributed by atoms with E-state index in [9.17, 15) is 2.74 Å². The van der Waals surface area contributed by atoms with Crippen LogP contribution >= 0.6 is 22.7 Å². The lowest BCUT2D eigenvalue weighted by atomic mass is 9.36. The maximum atomic E-state index is 16.7. The van der Waals surface area contributed by atoms with Crippen molar-refractivity contribution in [3.63, 3.8) is 0 Å². The first kappa shape index (κ1) is 52.0. The van der Waals surface area contributed by atoms with Gasteiger partial charge in [0, 0.05) is 70.0 Å². The third-order valence-corrected chi connectivity index (χ3v) is 25.7. The Labute approximate surface area is 551 Å². The van der Waals surface area contributed by atoms with E-state index < -0.39 is 50.4 Å². The van der Waals surface area contributed by atoms with Gasteiger partial charge in [-0.15, -0.1) is 22.7 Å². The van der Waals surface area contributed by atoms with E-state index >= 15 is 13.2 Å². The van der Waals surface area contributed by atoms with E-state index in [2.05, 4.69) is 202 Å². The molecule has 10 heteroatoms. The summed E-state index contributed by atoms with van der Waals surface area (Å²) in [7, 11) is -4.14. The Kier molecular flexibility index (Phi) is 12.4. The van der Waals surface area contributed by atoms with E-state index in [0.717, 1.165) is 102 Å². The van der Waals surface area contributed by atoms with E-state index in [1.807, 2.05) is 42.5 Å². The molecule has 92 heavy (non-hydrogen) atoms. The first-order valence-electron chi connectivity index (χ1n) is 33.5. The molecule has 4 heterocycles. The van der Waals surface area contributed by atoms with Gasteiger partial charge in [0.2, 0.25) is 0 Å². The van der Waals surface area contributed by atoms with Crippen LogP contribution in [0.2, 0.25) is 0 Å². The molecule has 0 aliphatic carbocycles. The topological polar surface area (TPSA) is 9.72 Å². The highest BCUT2D eigenvalue weighted by atomic mass is 32.1. The molecule has 2 aliphatic heterocycles. The third kappa shape index (κ3) is 9.36. The van der Waals surface area contributed by atoms with Gasteiger partial charge in [0.1, 0.15) is 17.5 Å². The molecule has 2 aromatic heterocycles. The number of hydrogen-bond donors (Lipinski definition) is 0. The number of nitrogens with zero attached hydrogens (tertiary/aromatic N) is 3. The smallest absolute Gasteiger partial charge is 0.264 e. The summed E-state index contributed by atoms with van der Waals surface area (Å²) in [6.45, 7) is 12.7. The van der Waals surface area contributed by atoms with Gasteiger partial charge in [-0.2, -0.15) is 0 Å². The minimum atomic E-state index is -4.14. The Hall–Kier alpha value is -9.71. The zero-order chi connectivity index (χ0) is 67.1. The fraction of sp³-hybridized carbons (Fsp3) is 0.0976. The molecule has 14 aromatic rings. The summed E-state index contributed by atoms with van der Waals surface area (Å²) >= 11 is 3.47. The maximum absolute atomic E-state index is 16.7. The predicted octanol–water partition coefficient (Wildman–Crippen LogP) is 18.9. The molecule has 0 saturated carbocycles. The van der Waals surface area contributed by atoms with Crippen LogP contribution < -0.4 is 51.1 Å². The lowest BCUT2D eigenvalue weighted by Crippen LogP contribution is -2.75. The first-order valence-corrected chi connectivity index (χ1v) is 34.6. The molecule has 0 radical (unpaired) electrons. The van der Waals surface area contributed by atoms with Crippen molar-refractivity contribution in [1.82, 2.24) is 0 Å². The molecule has 0 fully saturated rings. The summed E-state index contributed by atoms with van der Waals surface area (Å²) < 4.78 is 99.7. The monoisotopic (exact) mass is 1250 g/mol. The fourth-order valence-electron chi connectivity index (χ4n) is 14.3. The van der Waals surface area contributed by atoms with Crippen molar-refractivity contribution in [2.45, 2.75) is 52.4 Å². The van der Waals surface area contributed by atoms with Gasteiger partial charge in [0.15, 0.2) is 8.07 Å². The van der Waals surface area contributed by atoms with Gasteiger partial charge in [-0.1, -0.05) is 205 Å². The molecule has 3 nitrogen and oxygen atoms in total. The van der Waals surface area contributed by atoms with E-state index in [1.54, 1.807) is 59.1 Å². The molecule has 0 unspecified atom stereocenters. The van der Waals surface area contributed by atoms with Crippen molar-refractivity contribution in [3.8, 4) is 11.1 Å². The molecular formula is C82H63BF3N3S2Si. The minimum Gasteiger partial charge on any atom is -0.310 e. The predicted molar refractivity (Wildman–Crippen MR) is 390 cm³/mol. The summed E-state index contributed by atoms with van der Waals surface area (Å²) in [5.41, 5.74) is 11.8. The SMILES string of the molecule is [2H]c1c([2H])c([2H])c(-c2ccccc2N(c2ccc(C(C)(C)C)cc2)c2ccc3c(c2)N(c2cccc4c2sc2ccccc24)c2cc([Si](c4cccc(F)c4)(c4cccc(F)c4)c4cccc(F)c4)cc4c2B3c2sc3ccccc3c2N4c2ccc(C(C)(C)C)cc2)c([2H])c1[2H]. The van der Waals surface area contributed by atoms with Crippen molar-refractivity contribution >= 4 is 155 Å². The second-order valence-corrected chi connectivity index (χ2v) is 32.0. The van der Waals surface area contributed by atoms with Crippen molar-refractivity contribution in [2.75, 3.05) is 14.7 Å². The molecule has 16 rings (SSSR count). The number of para-hydroxylation sites is 1. The Balaban J connectivity index is 1.08. The van der Waals surface area contributed by atoms with E-state index in [1.165, 1.54) is 18.2 Å². The molecule has 0 spiro atoms. The van der Waals surface area contributed by atoms with Gasteiger partial charge in [-0.25, -0.2) is 13.2 Å². The van der Waals surface area contributed by atoms with Crippen molar-refractivity contribution in [3.05, 3.63) is 301 Å². The number of hydrogen-bond acceptors (Lipinski definition) is 5. The van der Waals surface area contributed by atoms with E-state index in [0.29, 0.717) is 32.5 Å².